The van der Waals surface area contributed by atoms with E-state index in [9.17, 15) is 9.90 Å². The Morgan fingerprint density at radius 2 is 1.41 bits per heavy atom. The highest BCUT2D eigenvalue weighted by molar-refractivity contribution is 5.73. The molecule has 1 aromatic rings. The second-order valence-corrected chi connectivity index (χ2v) is 7.91. The van der Waals surface area contributed by atoms with Crippen molar-refractivity contribution in [1.29, 1.82) is 0 Å². The monoisotopic (exact) mass is 439 g/mol. The maximum atomic E-state index is 10.6. The highest BCUT2D eigenvalue weighted by Crippen LogP contribution is 2.27. The zero-order valence-electron chi connectivity index (χ0n) is 19.7. The molecule has 0 bridgehead atoms. The third kappa shape index (κ3) is 15.1. The predicted octanol–water partition coefficient (Wildman–Crippen LogP) is 6.94. The van der Waals surface area contributed by atoms with E-state index in [2.05, 4.69) is 48.6 Å². The Bertz CT molecular complexity index is 747. The van der Waals surface area contributed by atoms with E-state index >= 15 is 0 Å². The molecular formula is C28H41NO3. The van der Waals surface area contributed by atoms with Gasteiger partial charge in [0.2, 0.25) is 5.91 Å². The fourth-order valence-corrected chi connectivity index (χ4v) is 3.27. The number of carbonyl (C=O) groups is 1. The van der Waals surface area contributed by atoms with Crippen LogP contribution in [0.3, 0.4) is 0 Å². The quantitative estimate of drug-likeness (QED) is 0.192. The number of amides is 1. The minimum absolute atomic E-state index is 0.202. The van der Waals surface area contributed by atoms with Gasteiger partial charge >= 0.3 is 0 Å². The number of allylic oxidation sites excluding steroid dienone is 8. The lowest BCUT2D eigenvalue weighted by atomic mass is 10.0. The first-order valence-electron chi connectivity index (χ1n) is 11.9. The second-order valence-electron chi connectivity index (χ2n) is 7.91. The first-order valence-corrected chi connectivity index (χ1v) is 11.9. The van der Waals surface area contributed by atoms with Gasteiger partial charge in [-0.2, -0.15) is 0 Å². The van der Waals surface area contributed by atoms with Gasteiger partial charge in [0.25, 0.3) is 0 Å². The summed E-state index contributed by atoms with van der Waals surface area (Å²) in [6, 6.07) is 5.60. The summed E-state index contributed by atoms with van der Waals surface area (Å²) in [5.41, 5.74) is 6.32. The largest absolute Gasteiger partial charge is 0.504 e. The molecular weight excluding hydrogens is 398 g/mol. The van der Waals surface area contributed by atoms with E-state index in [0.29, 0.717) is 12.2 Å². The summed E-state index contributed by atoms with van der Waals surface area (Å²) in [5.74, 6) is 0.536. The average molecular weight is 440 g/mol. The van der Waals surface area contributed by atoms with Gasteiger partial charge in [0.15, 0.2) is 11.5 Å². The maximum Gasteiger partial charge on any atom is 0.217 e. The summed E-state index contributed by atoms with van der Waals surface area (Å²) >= 11 is 0. The van der Waals surface area contributed by atoms with Gasteiger partial charge in [-0.3, -0.25) is 4.79 Å². The van der Waals surface area contributed by atoms with Crippen LogP contribution >= 0.6 is 0 Å². The number of methoxy groups -OCH3 is 1. The van der Waals surface area contributed by atoms with Crippen molar-refractivity contribution in [3.63, 3.8) is 0 Å². The number of carbonyl (C=O) groups excluding carboxylic acids is 1. The van der Waals surface area contributed by atoms with Crippen LogP contribution in [0.2, 0.25) is 0 Å². The number of phenolic OH excluding ortho intramolecular Hbond substituents is 1. The number of aryl methyl sites for hydroxylation is 1. The van der Waals surface area contributed by atoms with Crippen LogP contribution in [0.25, 0.3) is 0 Å². The van der Waals surface area contributed by atoms with Crippen LogP contribution in [0, 0.1) is 0 Å². The molecule has 0 fully saturated rings. The standard InChI is InChI=1S/C28H41NO3/c1-32-27-24-25(22-23-26(27)30)20-18-16-14-12-10-8-6-4-2-3-5-7-9-11-13-15-17-19-21-28(29)31/h2-3,6-9,13,15,22-24,30H,4-5,10-12,14,16-21H2,1H3,(H2,29,31)/b3-2-,8-6-,9-7-,15-13-. The van der Waals surface area contributed by atoms with Gasteiger partial charge < -0.3 is 15.6 Å². The molecule has 32 heavy (non-hydrogen) atoms. The minimum Gasteiger partial charge on any atom is -0.504 e. The van der Waals surface area contributed by atoms with Crippen molar-refractivity contribution >= 4 is 5.91 Å². The fourth-order valence-electron chi connectivity index (χ4n) is 3.27. The number of nitrogens with two attached hydrogens (primary N) is 1. The molecule has 4 heteroatoms. The molecule has 4 nitrogen and oxygen atoms in total. The van der Waals surface area contributed by atoms with Crippen molar-refractivity contribution in [3.8, 4) is 11.5 Å². The molecule has 176 valence electrons. The summed E-state index contributed by atoms with van der Waals surface area (Å²) in [5, 5.41) is 9.63. The highest BCUT2D eigenvalue weighted by Gasteiger charge is 2.02. The first kappa shape index (κ1) is 27.3. The highest BCUT2D eigenvalue weighted by atomic mass is 16.5. The molecule has 0 saturated carbocycles. The maximum absolute atomic E-state index is 10.6. The third-order valence-corrected chi connectivity index (χ3v) is 5.11. The van der Waals surface area contributed by atoms with Gasteiger partial charge in [0, 0.05) is 6.42 Å². The Balaban J connectivity index is 1.94. The molecule has 1 rings (SSSR count). The number of phenols is 1. The SMILES string of the molecule is COc1cc(CCCCCC/C=C\C/C=C\C/C=C\C/C=C\CCCC(N)=O)ccc1O. The number of benzene rings is 1. The molecule has 0 aliphatic heterocycles. The second kappa shape index (κ2) is 19.0. The summed E-state index contributed by atoms with van der Waals surface area (Å²) in [4.78, 5) is 10.6. The molecule has 0 heterocycles. The van der Waals surface area contributed by atoms with Crippen LogP contribution in [0.15, 0.2) is 66.8 Å². The number of unbranched alkanes of at least 4 members (excludes halogenated alkanes) is 5. The van der Waals surface area contributed by atoms with Crippen LogP contribution in [-0.4, -0.2) is 18.1 Å². The van der Waals surface area contributed by atoms with Gasteiger partial charge in [0.1, 0.15) is 0 Å². The molecule has 0 aliphatic rings. The van der Waals surface area contributed by atoms with Crippen molar-refractivity contribution in [2.45, 2.75) is 77.0 Å². The molecule has 3 N–H and O–H groups in total. The predicted molar refractivity (Wildman–Crippen MR) is 135 cm³/mol. The van der Waals surface area contributed by atoms with Gasteiger partial charge in [-0.15, -0.1) is 0 Å². The first-order chi connectivity index (χ1) is 15.6. The molecule has 0 saturated heterocycles. The molecule has 0 atom stereocenters. The van der Waals surface area contributed by atoms with E-state index in [0.717, 1.165) is 44.9 Å². The van der Waals surface area contributed by atoms with Gasteiger partial charge in [-0.05, 0) is 75.5 Å². The number of hydrogen-bond donors (Lipinski definition) is 2. The van der Waals surface area contributed by atoms with Crippen molar-refractivity contribution < 1.29 is 14.6 Å². The van der Waals surface area contributed by atoms with Crippen LogP contribution in [0.5, 0.6) is 11.5 Å². The van der Waals surface area contributed by atoms with E-state index in [1.807, 2.05) is 12.1 Å². The normalized spacial score (nSPS) is 12.0. The van der Waals surface area contributed by atoms with E-state index in [-0.39, 0.29) is 11.7 Å². The van der Waals surface area contributed by atoms with E-state index < -0.39 is 0 Å². The molecule has 0 radical (unpaired) electrons. The molecule has 0 spiro atoms. The Labute approximate surface area is 194 Å². The van der Waals surface area contributed by atoms with Crippen molar-refractivity contribution in [2.75, 3.05) is 7.11 Å². The van der Waals surface area contributed by atoms with Crippen LogP contribution in [0.1, 0.15) is 76.2 Å². The summed E-state index contributed by atoms with van der Waals surface area (Å²) in [6.07, 6.45) is 29.7. The van der Waals surface area contributed by atoms with Gasteiger partial charge in [0.05, 0.1) is 7.11 Å². The molecule has 0 unspecified atom stereocenters. The molecule has 0 aliphatic carbocycles. The Morgan fingerprint density at radius 3 is 2.00 bits per heavy atom. The third-order valence-electron chi connectivity index (χ3n) is 5.11. The van der Waals surface area contributed by atoms with Crippen LogP contribution < -0.4 is 10.5 Å². The topological polar surface area (TPSA) is 72.5 Å². The van der Waals surface area contributed by atoms with Crippen molar-refractivity contribution in [1.82, 2.24) is 0 Å². The fraction of sp³-hybridized carbons (Fsp3) is 0.464. The van der Waals surface area contributed by atoms with Crippen molar-refractivity contribution in [3.05, 3.63) is 72.4 Å². The van der Waals surface area contributed by atoms with E-state index in [1.54, 1.807) is 13.2 Å². The summed E-state index contributed by atoms with van der Waals surface area (Å²) < 4.78 is 5.16. The zero-order valence-corrected chi connectivity index (χ0v) is 19.7. The molecule has 1 aromatic carbocycles. The van der Waals surface area contributed by atoms with Crippen LogP contribution in [0.4, 0.5) is 0 Å². The number of rotatable bonds is 18. The average Bonchev–Trinajstić information content (AvgIpc) is 2.78. The smallest absolute Gasteiger partial charge is 0.217 e. The lowest BCUT2D eigenvalue weighted by molar-refractivity contribution is -0.118. The number of hydrogen-bond acceptors (Lipinski definition) is 3. The Hall–Kier alpha value is -2.75. The minimum atomic E-state index is -0.222. The Kier molecular flexibility index (Phi) is 16.2. The van der Waals surface area contributed by atoms with Gasteiger partial charge in [-0.25, -0.2) is 0 Å². The van der Waals surface area contributed by atoms with E-state index in [1.165, 1.54) is 31.2 Å². The van der Waals surface area contributed by atoms with Crippen LogP contribution in [-0.2, 0) is 11.2 Å². The number of ether oxygens (including phenoxy) is 1. The zero-order chi connectivity index (χ0) is 23.3. The number of aromatic hydroxyl groups is 1. The number of primary amides is 1. The lowest BCUT2D eigenvalue weighted by Crippen LogP contribution is -2.09. The molecule has 0 aromatic heterocycles. The lowest BCUT2D eigenvalue weighted by Gasteiger charge is -2.06. The van der Waals surface area contributed by atoms with E-state index in [4.69, 9.17) is 10.5 Å². The Morgan fingerprint density at radius 1 is 0.844 bits per heavy atom. The summed E-state index contributed by atoms with van der Waals surface area (Å²) in [6.45, 7) is 0. The summed E-state index contributed by atoms with van der Waals surface area (Å²) in [7, 11) is 1.58. The molecule has 1 amide bonds. The van der Waals surface area contributed by atoms with Gasteiger partial charge in [-0.1, -0.05) is 67.5 Å². The van der Waals surface area contributed by atoms with Crippen molar-refractivity contribution in [2.24, 2.45) is 5.73 Å².